The molecule has 1 fully saturated rings. The molecule has 2 heterocycles. The van der Waals surface area contributed by atoms with Gasteiger partial charge in [0.15, 0.2) is 5.82 Å². The minimum atomic E-state index is 0.480. The third-order valence-electron chi connectivity index (χ3n) is 3.88. The fourth-order valence-electron chi connectivity index (χ4n) is 2.35. The summed E-state index contributed by atoms with van der Waals surface area (Å²) in [5.74, 6) is 1.02. The van der Waals surface area contributed by atoms with Crippen LogP contribution in [0, 0.1) is 5.41 Å². The Morgan fingerprint density at radius 3 is 2.53 bits per heavy atom. The molecule has 4 nitrogen and oxygen atoms in total. The van der Waals surface area contributed by atoms with Crippen molar-refractivity contribution in [2.24, 2.45) is 5.41 Å². The van der Waals surface area contributed by atoms with Gasteiger partial charge in [-0.1, -0.05) is 20.8 Å². The molecule has 4 heteroatoms. The van der Waals surface area contributed by atoms with Crippen LogP contribution in [0.1, 0.15) is 45.7 Å². The topological polar surface area (TPSA) is 41.0 Å². The van der Waals surface area contributed by atoms with Crippen molar-refractivity contribution >= 4 is 5.82 Å². The van der Waals surface area contributed by atoms with Crippen molar-refractivity contribution < 1.29 is 0 Å². The van der Waals surface area contributed by atoms with Crippen molar-refractivity contribution in [1.29, 1.82) is 0 Å². The van der Waals surface area contributed by atoms with Gasteiger partial charge in [-0.25, -0.2) is 0 Å². The van der Waals surface area contributed by atoms with Gasteiger partial charge < -0.3 is 10.2 Å². The van der Waals surface area contributed by atoms with Crippen molar-refractivity contribution in [2.45, 2.75) is 46.6 Å². The maximum atomic E-state index is 4.36. The van der Waals surface area contributed by atoms with Crippen molar-refractivity contribution in [2.75, 3.05) is 24.5 Å². The van der Waals surface area contributed by atoms with E-state index in [0.717, 1.165) is 44.1 Å². The molecule has 1 N–H and O–H groups in total. The Morgan fingerprint density at radius 2 is 1.95 bits per heavy atom. The van der Waals surface area contributed by atoms with E-state index in [0.29, 0.717) is 5.41 Å². The fourth-order valence-corrected chi connectivity index (χ4v) is 2.35. The molecule has 0 unspecified atom stereocenters. The molecule has 0 spiro atoms. The van der Waals surface area contributed by atoms with Gasteiger partial charge in [-0.05, 0) is 43.4 Å². The van der Waals surface area contributed by atoms with E-state index in [1.54, 1.807) is 0 Å². The van der Waals surface area contributed by atoms with Crippen LogP contribution in [0.25, 0.3) is 0 Å². The van der Waals surface area contributed by atoms with Gasteiger partial charge in [0.25, 0.3) is 0 Å². The molecule has 106 valence electrons. The summed E-state index contributed by atoms with van der Waals surface area (Å²) in [7, 11) is 0. The Morgan fingerprint density at radius 1 is 1.21 bits per heavy atom. The van der Waals surface area contributed by atoms with E-state index in [1.807, 2.05) is 0 Å². The monoisotopic (exact) mass is 262 g/mol. The molecule has 0 radical (unpaired) electrons. The maximum Gasteiger partial charge on any atom is 0.151 e. The third-order valence-corrected chi connectivity index (χ3v) is 3.88. The van der Waals surface area contributed by atoms with Crippen LogP contribution < -0.4 is 10.2 Å². The normalized spacial score (nSPS) is 18.6. The number of piperidine rings is 1. The highest BCUT2D eigenvalue weighted by molar-refractivity contribution is 5.37. The maximum absolute atomic E-state index is 4.36. The van der Waals surface area contributed by atoms with Crippen molar-refractivity contribution in [3.05, 3.63) is 17.8 Å². The molecule has 1 aliphatic heterocycles. The third kappa shape index (κ3) is 4.16. The molecular weight excluding hydrogens is 236 g/mol. The second-order valence-electron chi connectivity index (χ2n) is 6.21. The molecule has 1 aromatic heterocycles. The van der Waals surface area contributed by atoms with E-state index in [4.69, 9.17) is 0 Å². The van der Waals surface area contributed by atoms with E-state index in [1.165, 1.54) is 12.8 Å². The first-order chi connectivity index (χ1) is 9.11. The Bertz CT molecular complexity index is 376. The lowest BCUT2D eigenvalue weighted by atomic mass is 9.83. The molecule has 2 rings (SSSR count). The highest BCUT2D eigenvalue weighted by Crippen LogP contribution is 2.31. The summed E-state index contributed by atoms with van der Waals surface area (Å²) in [4.78, 5) is 2.35. The second kappa shape index (κ2) is 6.33. The number of aromatic nitrogens is 2. The van der Waals surface area contributed by atoms with Crippen molar-refractivity contribution in [1.82, 2.24) is 15.5 Å². The summed E-state index contributed by atoms with van der Waals surface area (Å²) >= 11 is 0. The molecule has 1 saturated heterocycles. The number of anilines is 1. The zero-order valence-electron chi connectivity index (χ0n) is 12.4. The molecule has 1 aliphatic rings. The lowest BCUT2D eigenvalue weighted by Gasteiger charge is -2.37. The predicted molar refractivity (Wildman–Crippen MR) is 79.3 cm³/mol. The molecule has 0 amide bonds. The average molecular weight is 262 g/mol. The average Bonchev–Trinajstić information content (AvgIpc) is 2.40. The van der Waals surface area contributed by atoms with Gasteiger partial charge in [0.2, 0.25) is 0 Å². The molecule has 0 aromatic carbocycles. The Kier molecular flexibility index (Phi) is 4.75. The molecule has 19 heavy (non-hydrogen) atoms. The van der Waals surface area contributed by atoms with Gasteiger partial charge in [-0.3, -0.25) is 0 Å². The summed E-state index contributed by atoms with van der Waals surface area (Å²) in [5, 5.41) is 12.0. The van der Waals surface area contributed by atoms with E-state index in [9.17, 15) is 0 Å². The summed E-state index contributed by atoms with van der Waals surface area (Å²) in [5.41, 5.74) is 1.50. The van der Waals surface area contributed by atoms with Crippen molar-refractivity contribution in [3.8, 4) is 0 Å². The van der Waals surface area contributed by atoms with Crippen LogP contribution in [-0.4, -0.2) is 29.8 Å². The highest BCUT2D eigenvalue weighted by atomic mass is 15.3. The minimum Gasteiger partial charge on any atom is -0.355 e. The summed E-state index contributed by atoms with van der Waals surface area (Å²) in [6.45, 7) is 10.9. The second-order valence-corrected chi connectivity index (χ2v) is 6.21. The highest BCUT2D eigenvalue weighted by Gasteiger charge is 2.25. The summed E-state index contributed by atoms with van der Waals surface area (Å²) in [6.07, 6.45) is 3.61. The molecule has 1 aromatic rings. The minimum absolute atomic E-state index is 0.480. The predicted octanol–water partition coefficient (Wildman–Crippen LogP) is 2.60. The first-order valence-electron chi connectivity index (χ1n) is 7.39. The van der Waals surface area contributed by atoms with Crippen LogP contribution in [0.5, 0.6) is 0 Å². The zero-order valence-corrected chi connectivity index (χ0v) is 12.4. The smallest absolute Gasteiger partial charge is 0.151 e. The standard InChI is InChI=1S/C15H26N4/c1-4-9-16-12-13-5-6-14(18-17-13)19-10-7-15(2,3)8-11-19/h5-6,16H,4,7-12H2,1-3H3. The lowest BCUT2D eigenvalue weighted by molar-refractivity contribution is 0.279. The van der Waals surface area contributed by atoms with E-state index >= 15 is 0 Å². The number of nitrogens with one attached hydrogen (secondary N) is 1. The van der Waals surface area contributed by atoms with Gasteiger partial charge in [-0.2, -0.15) is 5.10 Å². The van der Waals surface area contributed by atoms with Gasteiger partial charge in [0.1, 0.15) is 0 Å². The van der Waals surface area contributed by atoms with Crippen LogP contribution in [-0.2, 0) is 6.54 Å². The first-order valence-corrected chi connectivity index (χ1v) is 7.39. The van der Waals surface area contributed by atoms with Crippen LogP contribution in [0.2, 0.25) is 0 Å². The van der Waals surface area contributed by atoms with E-state index < -0.39 is 0 Å². The van der Waals surface area contributed by atoms with Gasteiger partial charge >= 0.3 is 0 Å². The summed E-state index contributed by atoms with van der Waals surface area (Å²) in [6, 6.07) is 4.19. The fraction of sp³-hybridized carbons (Fsp3) is 0.733. The number of hydrogen-bond donors (Lipinski definition) is 1. The first kappa shape index (κ1) is 14.3. The zero-order chi connectivity index (χ0) is 13.7. The van der Waals surface area contributed by atoms with Gasteiger partial charge in [-0.15, -0.1) is 5.10 Å². The Labute approximate surface area is 116 Å². The van der Waals surface area contributed by atoms with Crippen LogP contribution >= 0.6 is 0 Å². The van der Waals surface area contributed by atoms with E-state index in [2.05, 4.69) is 53.3 Å². The van der Waals surface area contributed by atoms with Crippen LogP contribution in [0.4, 0.5) is 5.82 Å². The van der Waals surface area contributed by atoms with E-state index in [-0.39, 0.29) is 0 Å². The number of hydrogen-bond acceptors (Lipinski definition) is 4. The molecule has 0 saturated carbocycles. The number of rotatable bonds is 5. The molecule has 0 aliphatic carbocycles. The Hall–Kier alpha value is -1.16. The molecule has 0 bridgehead atoms. The van der Waals surface area contributed by atoms with Crippen molar-refractivity contribution in [3.63, 3.8) is 0 Å². The number of nitrogens with zero attached hydrogens (tertiary/aromatic N) is 3. The molecule has 0 atom stereocenters. The summed E-state index contributed by atoms with van der Waals surface area (Å²) < 4.78 is 0. The van der Waals surface area contributed by atoms with Crippen LogP contribution in [0.15, 0.2) is 12.1 Å². The lowest BCUT2D eigenvalue weighted by Crippen LogP contribution is -2.37. The van der Waals surface area contributed by atoms with Gasteiger partial charge in [0.05, 0.1) is 5.69 Å². The quantitative estimate of drug-likeness (QED) is 0.828. The van der Waals surface area contributed by atoms with Gasteiger partial charge in [0, 0.05) is 19.6 Å². The SMILES string of the molecule is CCCNCc1ccc(N2CCC(C)(C)CC2)nn1. The Balaban J connectivity index is 1.88. The largest absolute Gasteiger partial charge is 0.355 e. The molecular formula is C15H26N4. The van der Waals surface area contributed by atoms with Crippen LogP contribution in [0.3, 0.4) is 0 Å².